The van der Waals surface area contributed by atoms with Crippen molar-refractivity contribution >= 4 is 0 Å². The lowest BCUT2D eigenvalue weighted by molar-refractivity contribution is 0.375. The highest BCUT2D eigenvalue weighted by Gasteiger charge is 2.12. The van der Waals surface area contributed by atoms with Crippen LogP contribution in [0.15, 0.2) is 0 Å². The van der Waals surface area contributed by atoms with Crippen molar-refractivity contribution in [1.29, 1.82) is 0 Å². The molecule has 0 aromatic rings. The van der Waals surface area contributed by atoms with Gasteiger partial charge in [-0.15, -0.1) is 0 Å². The molecule has 0 spiro atoms. The minimum atomic E-state index is 0.214. The van der Waals surface area contributed by atoms with Gasteiger partial charge in [-0.25, -0.2) is 0 Å². The van der Waals surface area contributed by atoms with Gasteiger partial charge < -0.3 is 11.5 Å². The molecule has 0 aliphatic heterocycles. The summed E-state index contributed by atoms with van der Waals surface area (Å²) in [5.74, 6) is 0.639. The molecule has 0 aliphatic carbocycles. The van der Waals surface area contributed by atoms with Gasteiger partial charge in [-0.05, 0) is 12.3 Å². The third kappa shape index (κ3) is 4.38. The number of hydrogen-bond acceptors (Lipinski definition) is 2. The smallest absolute Gasteiger partial charge is 0.0191 e. The van der Waals surface area contributed by atoms with Crippen LogP contribution in [0.5, 0.6) is 0 Å². The molecular weight excluding hydrogens is 136 g/mol. The highest BCUT2D eigenvalue weighted by molar-refractivity contribution is 4.72. The third-order valence-corrected chi connectivity index (χ3v) is 2.33. The van der Waals surface area contributed by atoms with E-state index in [1.54, 1.807) is 0 Å². The zero-order chi connectivity index (χ0) is 8.69. The Morgan fingerprint density at radius 1 is 1.27 bits per heavy atom. The molecule has 2 unspecified atom stereocenters. The van der Waals surface area contributed by atoms with Crippen LogP contribution < -0.4 is 11.5 Å². The van der Waals surface area contributed by atoms with Crippen LogP contribution in [0.25, 0.3) is 0 Å². The van der Waals surface area contributed by atoms with Crippen molar-refractivity contribution in [3.05, 3.63) is 0 Å². The molecule has 0 saturated heterocycles. The molecule has 68 valence electrons. The predicted octanol–water partition coefficient (Wildman–Crippen LogP) is 1.49. The van der Waals surface area contributed by atoms with E-state index in [4.69, 9.17) is 11.5 Å². The first kappa shape index (κ1) is 10.9. The molecule has 11 heavy (non-hydrogen) atoms. The van der Waals surface area contributed by atoms with Crippen LogP contribution >= 0.6 is 0 Å². The van der Waals surface area contributed by atoms with Crippen LogP contribution in [-0.4, -0.2) is 12.6 Å². The highest BCUT2D eigenvalue weighted by atomic mass is 14.7. The molecule has 2 nitrogen and oxygen atoms in total. The third-order valence-electron chi connectivity index (χ3n) is 2.33. The lowest BCUT2D eigenvalue weighted by atomic mass is 9.92. The van der Waals surface area contributed by atoms with Gasteiger partial charge >= 0.3 is 0 Å². The average Bonchev–Trinajstić information content (AvgIpc) is 2.05. The minimum absolute atomic E-state index is 0.214. The van der Waals surface area contributed by atoms with E-state index in [1.165, 1.54) is 25.7 Å². The molecule has 2 heteroatoms. The second kappa shape index (κ2) is 6.62. The van der Waals surface area contributed by atoms with Crippen LogP contribution in [0.1, 0.15) is 39.5 Å². The van der Waals surface area contributed by atoms with E-state index in [0.29, 0.717) is 12.5 Å². The van der Waals surface area contributed by atoms with E-state index in [0.717, 1.165) is 0 Å². The fraction of sp³-hybridized carbons (Fsp3) is 1.00. The van der Waals surface area contributed by atoms with Crippen molar-refractivity contribution in [2.24, 2.45) is 17.4 Å². The van der Waals surface area contributed by atoms with E-state index in [-0.39, 0.29) is 6.04 Å². The summed E-state index contributed by atoms with van der Waals surface area (Å²) in [4.78, 5) is 0. The Kier molecular flexibility index (Phi) is 6.57. The molecule has 0 fully saturated rings. The van der Waals surface area contributed by atoms with Gasteiger partial charge in [0, 0.05) is 12.6 Å². The van der Waals surface area contributed by atoms with Crippen LogP contribution in [0.2, 0.25) is 0 Å². The lowest BCUT2D eigenvalue weighted by Crippen LogP contribution is -2.37. The second-order valence-corrected chi connectivity index (χ2v) is 3.21. The number of hydrogen-bond donors (Lipinski definition) is 2. The Hall–Kier alpha value is -0.0800. The van der Waals surface area contributed by atoms with E-state index in [2.05, 4.69) is 13.8 Å². The number of rotatable bonds is 6. The van der Waals surface area contributed by atoms with Gasteiger partial charge in [-0.2, -0.15) is 0 Å². The molecule has 0 rings (SSSR count). The van der Waals surface area contributed by atoms with Gasteiger partial charge in [0.1, 0.15) is 0 Å². The maximum absolute atomic E-state index is 5.84. The molecule has 0 aliphatic rings. The van der Waals surface area contributed by atoms with Crippen molar-refractivity contribution < 1.29 is 0 Å². The molecule has 0 heterocycles. The Morgan fingerprint density at radius 2 is 1.91 bits per heavy atom. The normalized spacial score (nSPS) is 16.4. The van der Waals surface area contributed by atoms with E-state index in [9.17, 15) is 0 Å². The van der Waals surface area contributed by atoms with Crippen molar-refractivity contribution in [3.63, 3.8) is 0 Å². The lowest BCUT2D eigenvalue weighted by Gasteiger charge is -2.20. The fourth-order valence-electron chi connectivity index (χ4n) is 1.38. The van der Waals surface area contributed by atoms with Crippen LogP contribution in [0.3, 0.4) is 0 Å². The standard InChI is InChI=1S/C9H22N2/c1-3-5-6-8(4-2)9(11)7-10/h8-9H,3-7,10-11H2,1-2H3. The maximum Gasteiger partial charge on any atom is 0.0191 e. The summed E-state index contributed by atoms with van der Waals surface area (Å²) in [6, 6.07) is 0.214. The summed E-state index contributed by atoms with van der Waals surface area (Å²) in [6.07, 6.45) is 4.95. The van der Waals surface area contributed by atoms with Gasteiger partial charge in [0.25, 0.3) is 0 Å². The number of unbranched alkanes of at least 4 members (excludes halogenated alkanes) is 1. The van der Waals surface area contributed by atoms with E-state index >= 15 is 0 Å². The van der Waals surface area contributed by atoms with Gasteiger partial charge in [-0.3, -0.25) is 0 Å². The quantitative estimate of drug-likeness (QED) is 0.615. The second-order valence-electron chi connectivity index (χ2n) is 3.21. The van der Waals surface area contributed by atoms with E-state index in [1.807, 2.05) is 0 Å². The van der Waals surface area contributed by atoms with Crippen molar-refractivity contribution in [2.75, 3.05) is 6.54 Å². The first-order valence-electron chi connectivity index (χ1n) is 4.71. The predicted molar refractivity (Wildman–Crippen MR) is 50.3 cm³/mol. The fourth-order valence-corrected chi connectivity index (χ4v) is 1.38. The summed E-state index contributed by atoms with van der Waals surface area (Å²) in [7, 11) is 0. The van der Waals surface area contributed by atoms with Gasteiger partial charge in [-0.1, -0.05) is 33.1 Å². The van der Waals surface area contributed by atoms with Crippen molar-refractivity contribution in [1.82, 2.24) is 0 Å². The summed E-state index contributed by atoms with van der Waals surface area (Å²) in [6.45, 7) is 5.03. The minimum Gasteiger partial charge on any atom is -0.329 e. The summed E-state index contributed by atoms with van der Waals surface area (Å²) < 4.78 is 0. The average molecular weight is 158 g/mol. The summed E-state index contributed by atoms with van der Waals surface area (Å²) >= 11 is 0. The number of nitrogens with two attached hydrogens (primary N) is 2. The highest BCUT2D eigenvalue weighted by Crippen LogP contribution is 2.14. The molecule has 0 amide bonds. The SMILES string of the molecule is CCCCC(CC)C(N)CN. The summed E-state index contributed by atoms with van der Waals surface area (Å²) in [5, 5.41) is 0. The largest absolute Gasteiger partial charge is 0.329 e. The molecule has 0 aromatic carbocycles. The Labute approximate surface area is 70.3 Å². The van der Waals surface area contributed by atoms with Crippen LogP contribution in [-0.2, 0) is 0 Å². The Morgan fingerprint density at radius 3 is 2.27 bits per heavy atom. The monoisotopic (exact) mass is 158 g/mol. The van der Waals surface area contributed by atoms with Crippen molar-refractivity contribution in [2.45, 2.75) is 45.6 Å². The topological polar surface area (TPSA) is 52.0 Å². The van der Waals surface area contributed by atoms with Crippen molar-refractivity contribution in [3.8, 4) is 0 Å². The van der Waals surface area contributed by atoms with Crippen LogP contribution in [0.4, 0.5) is 0 Å². The Bertz CT molecular complexity index is 83.6. The maximum atomic E-state index is 5.84. The van der Waals surface area contributed by atoms with Gasteiger partial charge in [0.15, 0.2) is 0 Å². The molecule has 0 bridgehead atoms. The molecule has 0 saturated carbocycles. The first-order chi connectivity index (χ1) is 5.26. The molecule has 0 aromatic heterocycles. The first-order valence-corrected chi connectivity index (χ1v) is 4.71. The zero-order valence-corrected chi connectivity index (χ0v) is 7.84. The Balaban J connectivity index is 3.56. The van der Waals surface area contributed by atoms with E-state index < -0.39 is 0 Å². The van der Waals surface area contributed by atoms with Gasteiger partial charge in [0.2, 0.25) is 0 Å². The van der Waals surface area contributed by atoms with Crippen LogP contribution in [0, 0.1) is 5.92 Å². The summed E-state index contributed by atoms with van der Waals surface area (Å²) in [5.41, 5.74) is 11.3. The van der Waals surface area contributed by atoms with Gasteiger partial charge in [0.05, 0.1) is 0 Å². The molecular formula is C9H22N2. The molecule has 2 atom stereocenters. The molecule has 0 radical (unpaired) electrons. The zero-order valence-electron chi connectivity index (χ0n) is 7.84. The molecule has 4 N–H and O–H groups in total.